The van der Waals surface area contributed by atoms with E-state index >= 15 is 0 Å². The molecule has 25 heavy (non-hydrogen) atoms. The molecule has 126 valence electrons. The molecule has 0 radical (unpaired) electrons. The predicted molar refractivity (Wildman–Crippen MR) is 104 cm³/mol. The lowest BCUT2D eigenvalue weighted by Gasteiger charge is -2.13. The highest BCUT2D eigenvalue weighted by Gasteiger charge is 2.15. The van der Waals surface area contributed by atoms with Crippen molar-refractivity contribution in [2.75, 3.05) is 5.32 Å². The molecule has 1 atom stereocenters. The second-order valence-corrected chi connectivity index (χ2v) is 7.31. The normalized spacial score (nSPS) is 11.9. The van der Waals surface area contributed by atoms with Crippen LogP contribution in [0.15, 0.2) is 71.6 Å². The number of fused-ring (bicyclic) bond motifs is 1. The van der Waals surface area contributed by atoms with Gasteiger partial charge in [0.1, 0.15) is 0 Å². The van der Waals surface area contributed by atoms with Crippen molar-refractivity contribution < 1.29 is 9.59 Å². The van der Waals surface area contributed by atoms with Gasteiger partial charge in [0.2, 0.25) is 5.91 Å². The third kappa shape index (κ3) is 4.28. The van der Waals surface area contributed by atoms with E-state index in [2.05, 4.69) is 29.6 Å². The number of nitrogens with one attached hydrogen (secondary N) is 1. The van der Waals surface area contributed by atoms with Gasteiger partial charge in [-0.3, -0.25) is 9.59 Å². The number of carbonyl (C=O) groups is 2. The quantitative estimate of drug-likeness (QED) is 0.511. The number of carbonyl (C=O) groups excluding carboxylic acids is 2. The molecule has 1 unspecified atom stereocenters. The number of ketones is 1. The van der Waals surface area contributed by atoms with Gasteiger partial charge in [0.05, 0.1) is 5.25 Å². The molecule has 1 N–H and O–H groups in total. The summed E-state index contributed by atoms with van der Waals surface area (Å²) in [5.41, 5.74) is 1.33. The van der Waals surface area contributed by atoms with Crippen molar-refractivity contribution in [2.45, 2.75) is 24.0 Å². The number of benzene rings is 3. The van der Waals surface area contributed by atoms with Crippen LogP contribution >= 0.6 is 11.8 Å². The maximum Gasteiger partial charge on any atom is 0.237 e. The van der Waals surface area contributed by atoms with Crippen molar-refractivity contribution >= 4 is 39.9 Å². The van der Waals surface area contributed by atoms with Gasteiger partial charge in [-0.15, -0.1) is 11.8 Å². The summed E-state index contributed by atoms with van der Waals surface area (Å²) < 4.78 is 0. The Labute approximate surface area is 151 Å². The van der Waals surface area contributed by atoms with Crippen LogP contribution in [0.3, 0.4) is 0 Å². The Morgan fingerprint density at radius 3 is 2.28 bits per heavy atom. The summed E-state index contributed by atoms with van der Waals surface area (Å²) in [6, 6.07) is 21.3. The standard InChI is InChI=1S/C21H19NO2S/c1-14(23)16-7-10-19(11-8-16)22-21(24)15(2)25-20-12-9-17-5-3-4-6-18(17)13-20/h3-13,15H,1-2H3,(H,22,24). The van der Waals surface area contributed by atoms with Crippen molar-refractivity contribution in [3.8, 4) is 0 Å². The number of amides is 1. The van der Waals surface area contributed by atoms with E-state index < -0.39 is 0 Å². The molecule has 3 nitrogen and oxygen atoms in total. The first kappa shape index (κ1) is 17.2. The molecule has 0 bridgehead atoms. The van der Waals surface area contributed by atoms with Crippen LogP contribution in [0.2, 0.25) is 0 Å². The summed E-state index contributed by atoms with van der Waals surface area (Å²) in [5, 5.41) is 5.02. The molecular weight excluding hydrogens is 330 g/mol. The van der Waals surface area contributed by atoms with Crippen LogP contribution in [0.1, 0.15) is 24.2 Å². The Kier molecular flexibility index (Phi) is 5.19. The van der Waals surface area contributed by atoms with E-state index in [-0.39, 0.29) is 16.9 Å². The Hall–Kier alpha value is -2.59. The van der Waals surface area contributed by atoms with Gasteiger partial charge >= 0.3 is 0 Å². The minimum absolute atomic E-state index is 0.0121. The molecule has 0 saturated carbocycles. The molecule has 0 aliphatic carbocycles. The number of anilines is 1. The highest BCUT2D eigenvalue weighted by molar-refractivity contribution is 8.00. The summed E-state index contributed by atoms with van der Waals surface area (Å²) in [6.07, 6.45) is 0. The molecule has 4 heteroatoms. The fourth-order valence-electron chi connectivity index (χ4n) is 2.53. The van der Waals surface area contributed by atoms with E-state index in [1.807, 2.05) is 25.1 Å². The fourth-order valence-corrected chi connectivity index (χ4v) is 3.45. The van der Waals surface area contributed by atoms with E-state index in [9.17, 15) is 9.59 Å². The van der Waals surface area contributed by atoms with Crippen molar-refractivity contribution in [1.29, 1.82) is 0 Å². The summed E-state index contributed by atoms with van der Waals surface area (Å²) in [5.74, 6) is -0.0492. The second kappa shape index (κ2) is 7.53. The number of Topliss-reactive ketones (excluding diaryl/α,β-unsaturated/α-hetero) is 1. The minimum atomic E-state index is -0.228. The molecule has 3 aromatic carbocycles. The van der Waals surface area contributed by atoms with Crippen molar-refractivity contribution in [3.63, 3.8) is 0 Å². The van der Waals surface area contributed by atoms with Crippen LogP contribution in [-0.4, -0.2) is 16.9 Å². The Morgan fingerprint density at radius 2 is 1.60 bits per heavy atom. The molecule has 0 spiro atoms. The van der Waals surface area contributed by atoms with Crippen LogP contribution in [-0.2, 0) is 4.79 Å². The van der Waals surface area contributed by atoms with Crippen LogP contribution in [0.5, 0.6) is 0 Å². The van der Waals surface area contributed by atoms with Gasteiger partial charge in [0.15, 0.2) is 5.78 Å². The van der Waals surface area contributed by atoms with Gasteiger partial charge in [0.25, 0.3) is 0 Å². The van der Waals surface area contributed by atoms with Gasteiger partial charge in [-0.2, -0.15) is 0 Å². The van der Waals surface area contributed by atoms with Gasteiger partial charge < -0.3 is 5.32 Å². The van der Waals surface area contributed by atoms with E-state index in [4.69, 9.17) is 0 Å². The topological polar surface area (TPSA) is 46.2 Å². The van der Waals surface area contributed by atoms with Crippen LogP contribution in [0.25, 0.3) is 10.8 Å². The zero-order chi connectivity index (χ0) is 17.8. The van der Waals surface area contributed by atoms with Crippen LogP contribution in [0.4, 0.5) is 5.69 Å². The minimum Gasteiger partial charge on any atom is -0.325 e. The van der Waals surface area contributed by atoms with Crippen molar-refractivity contribution in [3.05, 3.63) is 72.3 Å². The maximum atomic E-state index is 12.4. The lowest BCUT2D eigenvalue weighted by atomic mass is 10.1. The zero-order valence-corrected chi connectivity index (χ0v) is 15.0. The van der Waals surface area contributed by atoms with E-state index in [0.717, 1.165) is 4.90 Å². The molecule has 1 amide bonds. The highest BCUT2D eigenvalue weighted by atomic mass is 32.2. The molecular formula is C21H19NO2S. The largest absolute Gasteiger partial charge is 0.325 e. The molecule has 0 aliphatic rings. The van der Waals surface area contributed by atoms with Crippen molar-refractivity contribution in [2.24, 2.45) is 0 Å². The van der Waals surface area contributed by atoms with Gasteiger partial charge in [-0.05, 0) is 61.0 Å². The monoisotopic (exact) mass is 349 g/mol. The second-order valence-electron chi connectivity index (χ2n) is 5.89. The third-order valence-corrected chi connectivity index (χ3v) is 5.06. The molecule has 0 fully saturated rings. The van der Waals surface area contributed by atoms with Gasteiger partial charge in [-0.1, -0.05) is 30.3 Å². The van der Waals surface area contributed by atoms with Gasteiger partial charge in [0, 0.05) is 16.1 Å². The Bertz CT molecular complexity index is 919. The van der Waals surface area contributed by atoms with E-state index in [0.29, 0.717) is 11.3 Å². The van der Waals surface area contributed by atoms with Gasteiger partial charge in [-0.25, -0.2) is 0 Å². The lowest BCUT2D eigenvalue weighted by molar-refractivity contribution is -0.115. The van der Waals surface area contributed by atoms with E-state index in [1.165, 1.54) is 29.5 Å². The molecule has 0 heterocycles. The smallest absolute Gasteiger partial charge is 0.237 e. The Morgan fingerprint density at radius 1 is 0.920 bits per heavy atom. The first-order valence-corrected chi connectivity index (χ1v) is 8.98. The van der Waals surface area contributed by atoms with Crippen LogP contribution in [0, 0.1) is 0 Å². The van der Waals surface area contributed by atoms with E-state index in [1.54, 1.807) is 24.3 Å². The molecule has 3 rings (SSSR count). The summed E-state index contributed by atoms with van der Waals surface area (Å²) in [4.78, 5) is 24.8. The number of hydrogen-bond donors (Lipinski definition) is 1. The maximum absolute atomic E-state index is 12.4. The summed E-state index contributed by atoms with van der Waals surface area (Å²) in [7, 11) is 0. The molecule has 0 aromatic heterocycles. The van der Waals surface area contributed by atoms with Crippen LogP contribution < -0.4 is 5.32 Å². The summed E-state index contributed by atoms with van der Waals surface area (Å²) >= 11 is 1.53. The fraction of sp³-hybridized carbons (Fsp3) is 0.143. The average molecular weight is 349 g/mol. The Balaban J connectivity index is 1.66. The molecule has 3 aromatic rings. The highest BCUT2D eigenvalue weighted by Crippen LogP contribution is 2.27. The number of rotatable bonds is 5. The third-order valence-electron chi connectivity index (χ3n) is 3.96. The SMILES string of the molecule is CC(=O)c1ccc(NC(=O)C(C)Sc2ccc3ccccc3c2)cc1. The number of hydrogen-bond acceptors (Lipinski definition) is 3. The average Bonchev–Trinajstić information content (AvgIpc) is 2.62. The first-order chi connectivity index (χ1) is 12.0. The summed E-state index contributed by atoms with van der Waals surface area (Å²) in [6.45, 7) is 3.41. The predicted octanol–water partition coefficient (Wildman–Crippen LogP) is 5.16. The molecule has 0 saturated heterocycles. The zero-order valence-electron chi connectivity index (χ0n) is 14.2. The number of thioether (sulfide) groups is 1. The molecule has 0 aliphatic heterocycles. The lowest BCUT2D eigenvalue weighted by Crippen LogP contribution is -2.22. The first-order valence-electron chi connectivity index (χ1n) is 8.10. The van der Waals surface area contributed by atoms with Crippen molar-refractivity contribution in [1.82, 2.24) is 0 Å².